The third-order valence-electron chi connectivity index (χ3n) is 4.67. The number of nitrogens with zero attached hydrogens (tertiary/aromatic N) is 3. The molecule has 0 aromatic carbocycles. The molecule has 1 aliphatic rings. The molecule has 156 valence electrons. The number of hydrogen-bond acceptors (Lipinski definition) is 5. The smallest absolute Gasteiger partial charge is 0.191 e. The van der Waals surface area contributed by atoms with Crippen LogP contribution in [0.15, 0.2) is 4.99 Å². The molecule has 0 spiro atoms. The summed E-state index contributed by atoms with van der Waals surface area (Å²) in [6.45, 7) is 12.9. The average Bonchev–Trinajstić information content (AvgIpc) is 2.62. The number of rotatable bonds is 11. The molecule has 0 amide bonds. The van der Waals surface area contributed by atoms with E-state index < -0.39 is 0 Å². The second kappa shape index (κ2) is 15.9. The lowest BCUT2D eigenvalue weighted by molar-refractivity contribution is 0.00752. The number of likely N-dealkylation sites (N-methyl/N-ethyl adjacent to an activating group) is 1. The first-order chi connectivity index (χ1) is 12.1. The highest BCUT2D eigenvalue weighted by molar-refractivity contribution is 14.0. The van der Waals surface area contributed by atoms with Gasteiger partial charge in [0.25, 0.3) is 0 Å². The third kappa shape index (κ3) is 10.9. The van der Waals surface area contributed by atoms with Crippen LogP contribution >= 0.6 is 24.0 Å². The van der Waals surface area contributed by atoms with Crippen molar-refractivity contribution < 1.29 is 9.47 Å². The van der Waals surface area contributed by atoms with E-state index in [1.165, 1.54) is 0 Å². The Morgan fingerprint density at radius 1 is 1.23 bits per heavy atom. The van der Waals surface area contributed by atoms with E-state index in [1.54, 1.807) is 7.11 Å². The summed E-state index contributed by atoms with van der Waals surface area (Å²) in [5.74, 6) is 1.48. The molecular weight excluding hydrogens is 445 g/mol. The maximum absolute atomic E-state index is 5.48. The summed E-state index contributed by atoms with van der Waals surface area (Å²) >= 11 is 0. The SMILES string of the molecule is CN=C(NCCCN(C)CCOC)NCC(C(C)C)N1CCOCC1.I. The van der Waals surface area contributed by atoms with Crippen molar-refractivity contribution in [3.05, 3.63) is 0 Å². The van der Waals surface area contributed by atoms with Gasteiger partial charge in [0.2, 0.25) is 0 Å². The fourth-order valence-corrected chi connectivity index (χ4v) is 3.03. The van der Waals surface area contributed by atoms with E-state index >= 15 is 0 Å². The van der Waals surface area contributed by atoms with Crippen molar-refractivity contribution >= 4 is 29.9 Å². The number of nitrogens with one attached hydrogen (secondary N) is 2. The molecule has 8 heteroatoms. The molecule has 2 N–H and O–H groups in total. The highest BCUT2D eigenvalue weighted by atomic mass is 127. The summed E-state index contributed by atoms with van der Waals surface area (Å²) in [5, 5.41) is 6.91. The standard InChI is InChI=1S/C18H39N5O2.HI/c1-16(2)17(23-10-13-25-14-11-23)15-21-18(19-3)20-7-6-8-22(4)9-12-24-5;/h16-17H,6-15H2,1-5H3,(H2,19,20,21);1H. The monoisotopic (exact) mass is 485 g/mol. The molecule has 0 aromatic heterocycles. The Bertz CT molecular complexity index is 365. The maximum atomic E-state index is 5.48. The lowest BCUT2D eigenvalue weighted by Gasteiger charge is -2.37. The van der Waals surface area contributed by atoms with Crippen LogP contribution < -0.4 is 10.6 Å². The number of methoxy groups -OCH3 is 1. The number of morpholine rings is 1. The first-order valence-electron chi connectivity index (χ1n) is 9.52. The van der Waals surface area contributed by atoms with Crippen LogP contribution in [-0.2, 0) is 9.47 Å². The van der Waals surface area contributed by atoms with E-state index in [4.69, 9.17) is 9.47 Å². The molecule has 0 saturated carbocycles. The van der Waals surface area contributed by atoms with Gasteiger partial charge in [-0.15, -0.1) is 24.0 Å². The lowest BCUT2D eigenvalue weighted by atomic mass is 10.0. The zero-order valence-electron chi connectivity index (χ0n) is 17.3. The van der Waals surface area contributed by atoms with Gasteiger partial charge in [-0.05, 0) is 25.9 Å². The predicted octanol–water partition coefficient (Wildman–Crippen LogP) is 1.09. The molecule has 1 aliphatic heterocycles. The molecule has 0 radical (unpaired) electrons. The van der Waals surface area contributed by atoms with Crippen LogP contribution in [0, 0.1) is 5.92 Å². The van der Waals surface area contributed by atoms with Crippen LogP contribution in [0.25, 0.3) is 0 Å². The summed E-state index contributed by atoms with van der Waals surface area (Å²) in [6, 6.07) is 0.502. The Kier molecular flexibility index (Phi) is 15.8. The zero-order valence-corrected chi connectivity index (χ0v) is 19.6. The molecule has 1 saturated heterocycles. The van der Waals surface area contributed by atoms with Gasteiger partial charge in [-0.2, -0.15) is 0 Å². The summed E-state index contributed by atoms with van der Waals surface area (Å²) in [4.78, 5) is 9.16. The van der Waals surface area contributed by atoms with E-state index in [0.717, 1.165) is 71.5 Å². The minimum absolute atomic E-state index is 0. The van der Waals surface area contributed by atoms with Crippen LogP contribution in [0.2, 0.25) is 0 Å². The molecule has 1 unspecified atom stereocenters. The van der Waals surface area contributed by atoms with Crippen molar-refractivity contribution in [2.45, 2.75) is 26.3 Å². The average molecular weight is 485 g/mol. The van der Waals surface area contributed by atoms with Gasteiger partial charge in [0.05, 0.1) is 19.8 Å². The number of ether oxygens (including phenoxy) is 2. The Morgan fingerprint density at radius 2 is 1.92 bits per heavy atom. The molecule has 0 aromatic rings. The summed E-state index contributed by atoms with van der Waals surface area (Å²) in [5.41, 5.74) is 0. The molecule has 1 rings (SSSR count). The number of hydrogen-bond donors (Lipinski definition) is 2. The topological polar surface area (TPSA) is 61.4 Å². The number of aliphatic imine (C=N–C) groups is 1. The normalized spacial score (nSPS) is 17.3. The predicted molar refractivity (Wildman–Crippen MR) is 120 cm³/mol. The van der Waals surface area contributed by atoms with Crippen molar-refractivity contribution in [2.75, 3.05) is 80.3 Å². The van der Waals surface area contributed by atoms with Crippen LogP contribution in [0.4, 0.5) is 0 Å². The molecule has 0 aliphatic carbocycles. The maximum Gasteiger partial charge on any atom is 0.191 e. The van der Waals surface area contributed by atoms with E-state index in [-0.39, 0.29) is 24.0 Å². The van der Waals surface area contributed by atoms with Gasteiger partial charge in [0, 0.05) is 52.9 Å². The van der Waals surface area contributed by atoms with Gasteiger partial charge in [0.15, 0.2) is 5.96 Å². The fourth-order valence-electron chi connectivity index (χ4n) is 3.03. The van der Waals surface area contributed by atoms with E-state index in [2.05, 4.69) is 46.3 Å². The Morgan fingerprint density at radius 3 is 2.50 bits per heavy atom. The number of guanidine groups is 1. The van der Waals surface area contributed by atoms with Gasteiger partial charge >= 0.3 is 0 Å². The summed E-state index contributed by atoms with van der Waals surface area (Å²) < 4.78 is 10.6. The summed E-state index contributed by atoms with van der Waals surface area (Å²) in [7, 11) is 5.70. The van der Waals surface area contributed by atoms with Crippen molar-refractivity contribution in [2.24, 2.45) is 10.9 Å². The Hall–Kier alpha value is -0.160. The highest BCUT2D eigenvalue weighted by Gasteiger charge is 2.23. The second-order valence-electron chi connectivity index (χ2n) is 6.99. The minimum Gasteiger partial charge on any atom is -0.383 e. The molecule has 1 atom stereocenters. The molecular formula is C18H40IN5O2. The Balaban J connectivity index is 0.00000625. The fraction of sp³-hybridized carbons (Fsp3) is 0.944. The largest absolute Gasteiger partial charge is 0.383 e. The third-order valence-corrected chi connectivity index (χ3v) is 4.67. The first kappa shape index (κ1) is 25.8. The lowest BCUT2D eigenvalue weighted by Crippen LogP contribution is -2.52. The van der Waals surface area contributed by atoms with Crippen LogP contribution in [-0.4, -0.2) is 102 Å². The van der Waals surface area contributed by atoms with E-state index in [1.807, 2.05) is 7.05 Å². The zero-order chi connectivity index (χ0) is 18.5. The van der Waals surface area contributed by atoms with Crippen LogP contribution in [0.1, 0.15) is 20.3 Å². The summed E-state index contributed by atoms with van der Waals surface area (Å²) in [6.07, 6.45) is 1.08. The van der Waals surface area contributed by atoms with Gasteiger partial charge < -0.3 is 25.0 Å². The first-order valence-corrected chi connectivity index (χ1v) is 9.52. The molecule has 0 bridgehead atoms. The molecule has 7 nitrogen and oxygen atoms in total. The minimum atomic E-state index is 0. The van der Waals surface area contributed by atoms with Crippen LogP contribution in [0.5, 0.6) is 0 Å². The van der Waals surface area contributed by atoms with Gasteiger partial charge in [-0.25, -0.2) is 0 Å². The van der Waals surface area contributed by atoms with Gasteiger partial charge in [-0.1, -0.05) is 13.8 Å². The Labute approximate surface area is 177 Å². The van der Waals surface area contributed by atoms with Gasteiger partial charge in [-0.3, -0.25) is 9.89 Å². The second-order valence-corrected chi connectivity index (χ2v) is 6.99. The molecule has 1 heterocycles. The van der Waals surface area contributed by atoms with Gasteiger partial charge in [0.1, 0.15) is 0 Å². The van der Waals surface area contributed by atoms with Crippen molar-refractivity contribution in [1.82, 2.24) is 20.4 Å². The molecule has 1 fully saturated rings. The highest BCUT2D eigenvalue weighted by Crippen LogP contribution is 2.12. The molecule has 26 heavy (non-hydrogen) atoms. The van der Waals surface area contributed by atoms with Crippen molar-refractivity contribution in [3.8, 4) is 0 Å². The van der Waals surface area contributed by atoms with Crippen molar-refractivity contribution in [3.63, 3.8) is 0 Å². The van der Waals surface area contributed by atoms with E-state index in [9.17, 15) is 0 Å². The number of halogens is 1. The van der Waals surface area contributed by atoms with Crippen molar-refractivity contribution in [1.29, 1.82) is 0 Å². The quantitative estimate of drug-likeness (QED) is 0.198. The van der Waals surface area contributed by atoms with Crippen LogP contribution in [0.3, 0.4) is 0 Å². The van der Waals surface area contributed by atoms with E-state index in [0.29, 0.717) is 12.0 Å².